The highest BCUT2D eigenvalue weighted by atomic mass is 16.5. The van der Waals surface area contributed by atoms with Crippen LogP contribution in [0.2, 0.25) is 0 Å². The van der Waals surface area contributed by atoms with Crippen LogP contribution in [0.5, 0.6) is 23.0 Å². The number of ketones is 1. The van der Waals surface area contributed by atoms with E-state index in [9.17, 15) is 25.2 Å². The summed E-state index contributed by atoms with van der Waals surface area (Å²) in [5.74, 6) is -0.0128. The van der Waals surface area contributed by atoms with Gasteiger partial charge in [-0.2, -0.15) is 0 Å². The number of aliphatic hydroxyl groups excluding tert-OH is 2. The second kappa shape index (κ2) is 16.2. The number of aromatic amines is 2. The Labute approximate surface area is 303 Å². The van der Waals surface area contributed by atoms with Gasteiger partial charge in [0.2, 0.25) is 0 Å². The minimum Gasteiger partial charge on any atom is -0.504 e. The Morgan fingerprint density at radius 3 is 2.19 bits per heavy atom. The largest absolute Gasteiger partial charge is 0.504 e. The summed E-state index contributed by atoms with van der Waals surface area (Å²) in [7, 11) is 3.00. The lowest BCUT2D eigenvalue weighted by Crippen LogP contribution is -2.42. The molecule has 0 saturated carbocycles. The second-order valence-corrected chi connectivity index (χ2v) is 13.7. The molecule has 0 spiro atoms. The van der Waals surface area contributed by atoms with Crippen LogP contribution < -0.4 is 9.47 Å². The van der Waals surface area contributed by atoms with Crippen molar-refractivity contribution < 1.29 is 34.7 Å². The van der Waals surface area contributed by atoms with Gasteiger partial charge in [-0.05, 0) is 101 Å². The summed E-state index contributed by atoms with van der Waals surface area (Å²) in [6.07, 6.45) is 7.81. The first-order valence-corrected chi connectivity index (χ1v) is 17.5. The summed E-state index contributed by atoms with van der Waals surface area (Å²) < 4.78 is 11.1. The van der Waals surface area contributed by atoms with E-state index >= 15 is 0 Å². The first-order valence-electron chi connectivity index (χ1n) is 17.5. The minimum absolute atomic E-state index is 0.0217. The highest BCUT2D eigenvalue weighted by molar-refractivity contribution is 5.87. The molecule has 6 aromatic rings. The number of fused-ring (bicyclic) bond motifs is 1. The topological polar surface area (TPSA) is 148 Å². The zero-order valence-electron chi connectivity index (χ0n) is 29.5. The third-order valence-corrected chi connectivity index (χ3v) is 10.3. The Morgan fingerprint density at radius 1 is 0.769 bits per heavy atom. The molecule has 6 N–H and O–H groups in total. The number of benzene rings is 4. The van der Waals surface area contributed by atoms with Crippen LogP contribution in [-0.2, 0) is 36.9 Å². The van der Waals surface area contributed by atoms with Crippen LogP contribution in [0.15, 0.2) is 110 Å². The number of H-pyrrole nitrogens is 2. The molecule has 0 aliphatic carbocycles. The number of hydrogen-bond donors (Lipinski definition) is 6. The number of carbonyl (C=O) groups is 1. The Hall–Kier alpha value is -5.51. The number of phenolic OH excluding ortho intramolecular Hbond substituents is 2. The number of methoxy groups -OCH3 is 2. The molecule has 0 saturated heterocycles. The maximum absolute atomic E-state index is 14.5. The molecule has 0 aliphatic heterocycles. The number of aromatic hydroxyl groups is 2. The molecule has 2 aromatic heterocycles. The van der Waals surface area contributed by atoms with E-state index in [1.165, 1.54) is 13.2 Å². The van der Waals surface area contributed by atoms with Gasteiger partial charge in [-0.3, -0.25) is 4.79 Å². The number of hydrogen-bond acceptors (Lipinski definition) is 7. The first-order chi connectivity index (χ1) is 25.2. The molecule has 3 unspecified atom stereocenters. The number of rotatable bonds is 17. The van der Waals surface area contributed by atoms with E-state index in [1.54, 1.807) is 37.7 Å². The molecule has 0 aliphatic rings. The van der Waals surface area contributed by atoms with Crippen molar-refractivity contribution in [1.29, 1.82) is 0 Å². The maximum Gasteiger partial charge on any atom is 0.164 e. The highest BCUT2D eigenvalue weighted by Gasteiger charge is 2.40. The van der Waals surface area contributed by atoms with Crippen molar-refractivity contribution in [3.05, 3.63) is 143 Å². The third kappa shape index (κ3) is 8.01. The summed E-state index contributed by atoms with van der Waals surface area (Å²) in [6.45, 7) is -0.445. The van der Waals surface area contributed by atoms with Gasteiger partial charge in [-0.25, -0.2) is 0 Å². The third-order valence-electron chi connectivity index (χ3n) is 10.3. The summed E-state index contributed by atoms with van der Waals surface area (Å²) in [5, 5.41) is 46.4. The van der Waals surface area contributed by atoms with Crippen LogP contribution in [0.3, 0.4) is 0 Å². The molecule has 2 heterocycles. The van der Waals surface area contributed by atoms with Gasteiger partial charge >= 0.3 is 0 Å². The molecule has 9 heteroatoms. The minimum atomic E-state index is -1.26. The molecule has 4 aromatic carbocycles. The number of carbonyl (C=O) groups excluding carboxylic acids is 1. The van der Waals surface area contributed by atoms with Crippen molar-refractivity contribution in [2.45, 2.75) is 44.6 Å². The van der Waals surface area contributed by atoms with E-state index in [4.69, 9.17) is 9.47 Å². The number of phenols is 2. The first kappa shape index (κ1) is 36.3. The Bertz CT molecular complexity index is 2090. The van der Waals surface area contributed by atoms with Crippen LogP contribution in [0, 0.1) is 11.3 Å². The number of aliphatic hydroxyl groups is 2. The van der Waals surface area contributed by atoms with Crippen molar-refractivity contribution in [3.8, 4) is 23.0 Å². The monoisotopic (exact) mass is 702 g/mol. The fraction of sp³-hybridized carbons (Fsp3) is 0.279. The molecule has 6 rings (SSSR count). The van der Waals surface area contributed by atoms with E-state index < -0.39 is 24.0 Å². The van der Waals surface area contributed by atoms with Gasteiger partial charge in [0.05, 0.1) is 32.3 Å². The van der Waals surface area contributed by atoms with Gasteiger partial charge in [-0.15, -0.1) is 0 Å². The lowest BCUT2D eigenvalue weighted by atomic mass is 9.71. The smallest absolute Gasteiger partial charge is 0.164 e. The summed E-state index contributed by atoms with van der Waals surface area (Å²) in [5.41, 5.74) is 4.06. The van der Waals surface area contributed by atoms with Gasteiger partial charge < -0.3 is 39.9 Å². The molecule has 0 bridgehead atoms. The average Bonchev–Trinajstić information content (AvgIpc) is 3.88. The summed E-state index contributed by atoms with van der Waals surface area (Å²) in [4.78, 5) is 20.7. The standard InChI is InChI=1S/C43H46N2O7/c1-51-40-19-28(10-12-37(40)47)23-43(27-46,24-30-15-17-45-26-30)41(50)22-39(49)34(18-29-14-16-44-25-29)20-33-11-13-38(48)42(52-2)36(33)21-32-8-5-7-31-6-3-4-9-35(31)32/h3-17,19,25-26,34,39,44-49H,18,20-24,27H2,1-2H3. The van der Waals surface area contributed by atoms with Gasteiger partial charge in [0, 0.05) is 43.2 Å². The van der Waals surface area contributed by atoms with Crippen LogP contribution in [0.1, 0.15) is 39.8 Å². The van der Waals surface area contributed by atoms with Crippen molar-refractivity contribution >= 4 is 16.6 Å². The number of aromatic nitrogens is 2. The molecule has 3 atom stereocenters. The zero-order valence-corrected chi connectivity index (χ0v) is 29.5. The fourth-order valence-electron chi connectivity index (χ4n) is 7.44. The lowest BCUT2D eigenvalue weighted by molar-refractivity contribution is -0.134. The van der Waals surface area contributed by atoms with Crippen molar-refractivity contribution in [2.75, 3.05) is 20.8 Å². The van der Waals surface area contributed by atoms with E-state index in [-0.39, 0.29) is 42.3 Å². The van der Waals surface area contributed by atoms with Crippen molar-refractivity contribution in [2.24, 2.45) is 11.3 Å². The molecule has 52 heavy (non-hydrogen) atoms. The van der Waals surface area contributed by atoms with E-state index in [2.05, 4.69) is 34.2 Å². The average molecular weight is 703 g/mol. The quantitative estimate of drug-likeness (QED) is 0.0620. The molecule has 0 amide bonds. The Morgan fingerprint density at radius 2 is 1.48 bits per heavy atom. The van der Waals surface area contributed by atoms with E-state index in [1.807, 2.05) is 48.8 Å². The summed E-state index contributed by atoms with van der Waals surface area (Å²) >= 11 is 0. The molecule has 0 fully saturated rings. The van der Waals surface area contributed by atoms with E-state index in [0.29, 0.717) is 30.6 Å². The summed E-state index contributed by atoms with van der Waals surface area (Å²) in [6, 6.07) is 26.5. The van der Waals surface area contributed by atoms with E-state index in [0.717, 1.165) is 38.6 Å². The Kier molecular flexibility index (Phi) is 11.3. The van der Waals surface area contributed by atoms with Crippen LogP contribution in [0.25, 0.3) is 10.8 Å². The maximum atomic E-state index is 14.5. The van der Waals surface area contributed by atoms with Crippen molar-refractivity contribution in [1.82, 2.24) is 9.97 Å². The normalized spacial score (nSPS) is 13.8. The van der Waals surface area contributed by atoms with Gasteiger partial charge in [0.15, 0.2) is 23.0 Å². The van der Waals surface area contributed by atoms with Gasteiger partial charge in [0.25, 0.3) is 0 Å². The van der Waals surface area contributed by atoms with Gasteiger partial charge in [0.1, 0.15) is 5.78 Å². The molecular formula is C43H46N2O7. The fourth-order valence-corrected chi connectivity index (χ4v) is 7.44. The molecule has 0 radical (unpaired) electrons. The van der Waals surface area contributed by atoms with Crippen LogP contribution in [-0.4, -0.2) is 63.1 Å². The highest BCUT2D eigenvalue weighted by Crippen LogP contribution is 2.39. The molecule has 9 nitrogen and oxygen atoms in total. The SMILES string of the molecule is COc1cc(CC(CO)(Cc2cc[nH]c2)C(=O)CC(O)C(Cc2cc[nH]c2)Cc2ccc(O)c(OC)c2Cc2cccc3ccccc23)ccc1O. The molecular weight excluding hydrogens is 656 g/mol. The molecule has 270 valence electrons. The second-order valence-electron chi connectivity index (χ2n) is 13.7. The van der Waals surface area contributed by atoms with Gasteiger partial charge in [-0.1, -0.05) is 54.6 Å². The number of ether oxygens (including phenoxy) is 2. The number of Topliss-reactive ketones (excluding diaryl/α,β-unsaturated/α-hetero) is 1. The predicted molar refractivity (Wildman–Crippen MR) is 201 cm³/mol. The van der Waals surface area contributed by atoms with Crippen LogP contribution in [0.4, 0.5) is 0 Å². The van der Waals surface area contributed by atoms with Crippen LogP contribution >= 0.6 is 0 Å². The predicted octanol–water partition coefficient (Wildman–Crippen LogP) is 6.70. The Balaban J connectivity index is 1.34. The number of nitrogens with one attached hydrogen (secondary N) is 2. The lowest BCUT2D eigenvalue weighted by Gasteiger charge is -2.33. The zero-order chi connectivity index (χ0) is 36.7. The van der Waals surface area contributed by atoms with Crippen molar-refractivity contribution in [3.63, 3.8) is 0 Å².